The lowest BCUT2D eigenvalue weighted by Gasteiger charge is -2.20. The minimum Gasteiger partial charge on any atom is -0.298 e. The first kappa shape index (κ1) is 33.2. The number of alkyl halides is 3. The van der Waals surface area contributed by atoms with Crippen LogP contribution >= 0.6 is 0 Å². The second-order valence-corrected chi connectivity index (χ2v) is 11.7. The summed E-state index contributed by atoms with van der Waals surface area (Å²) in [6, 6.07) is 10.1. The summed E-state index contributed by atoms with van der Waals surface area (Å²) in [5.74, 6) is 0.998. The molecule has 1 atom stereocenters. The maximum absolute atomic E-state index is 14.3. The standard InChI is InChI=1S/C34H29F6N3O2/c1-20(44)29-16-22(7-8-30(29)37)28-6-5-11-41-31(28)24(12-21-13-25(35)17-26(36)14-21)15-27(45)19-43-18-23(9-10-33(2,3)4)32(42-43)34(38,39)40/h5-8,11,13-14,16-18,24H,12,15,19H2,1-4H3/t24-/m1/s1. The van der Waals surface area contributed by atoms with Gasteiger partial charge >= 0.3 is 6.18 Å². The molecule has 5 nitrogen and oxygen atoms in total. The third-order valence-corrected chi connectivity index (χ3v) is 6.70. The SMILES string of the molecule is CC(=O)c1cc(-c2cccnc2[C@@H](CC(=O)Cn2cc(C#CC(C)(C)C)c(C(F)(F)F)n2)Cc2cc(F)cc(F)c2)ccc1F. The molecule has 4 aromatic rings. The van der Waals surface area contributed by atoms with Crippen LogP contribution in [-0.4, -0.2) is 26.3 Å². The molecule has 0 unspecified atom stereocenters. The molecular formula is C34H29F6N3O2. The Morgan fingerprint density at radius 2 is 1.67 bits per heavy atom. The molecule has 0 amide bonds. The third-order valence-electron chi connectivity index (χ3n) is 6.70. The van der Waals surface area contributed by atoms with Crippen LogP contribution in [0, 0.1) is 34.7 Å². The fraction of sp³-hybridized carbons (Fsp3) is 0.294. The van der Waals surface area contributed by atoms with Crippen molar-refractivity contribution >= 4 is 11.6 Å². The smallest absolute Gasteiger partial charge is 0.298 e. The van der Waals surface area contributed by atoms with E-state index in [-0.39, 0.29) is 29.5 Å². The maximum Gasteiger partial charge on any atom is 0.436 e. The van der Waals surface area contributed by atoms with Crippen LogP contribution in [-0.2, 0) is 23.9 Å². The summed E-state index contributed by atoms with van der Waals surface area (Å²) in [4.78, 5) is 29.9. The first-order valence-corrected chi connectivity index (χ1v) is 13.9. The van der Waals surface area contributed by atoms with E-state index in [1.165, 1.54) is 25.3 Å². The van der Waals surface area contributed by atoms with Crippen molar-refractivity contribution in [1.29, 1.82) is 0 Å². The molecule has 0 fully saturated rings. The van der Waals surface area contributed by atoms with Gasteiger partial charge < -0.3 is 0 Å². The lowest BCUT2D eigenvalue weighted by molar-refractivity contribution is -0.142. The summed E-state index contributed by atoms with van der Waals surface area (Å²) >= 11 is 0. The molecule has 2 aromatic carbocycles. The number of aromatic nitrogens is 3. The van der Waals surface area contributed by atoms with Crippen molar-refractivity contribution in [3.63, 3.8) is 0 Å². The van der Waals surface area contributed by atoms with E-state index in [0.717, 1.165) is 29.1 Å². The van der Waals surface area contributed by atoms with Gasteiger partial charge in [-0.05, 0) is 75.6 Å². The van der Waals surface area contributed by atoms with Crippen LogP contribution in [0.3, 0.4) is 0 Å². The van der Waals surface area contributed by atoms with Crippen LogP contribution in [0.2, 0.25) is 0 Å². The number of pyridine rings is 1. The third kappa shape index (κ3) is 8.69. The number of rotatable bonds is 9. The normalized spacial score (nSPS) is 12.4. The Kier molecular flexibility index (Phi) is 9.66. The predicted octanol–water partition coefficient (Wildman–Crippen LogP) is 7.97. The van der Waals surface area contributed by atoms with Crippen molar-refractivity contribution < 1.29 is 35.9 Å². The first-order chi connectivity index (χ1) is 21.0. The van der Waals surface area contributed by atoms with Gasteiger partial charge in [-0.3, -0.25) is 19.3 Å². The molecule has 0 saturated heterocycles. The Morgan fingerprint density at radius 3 is 2.29 bits per heavy atom. The second kappa shape index (κ2) is 13.1. The van der Waals surface area contributed by atoms with Gasteiger partial charge in [-0.15, -0.1) is 0 Å². The highest BCUT2D eigenvalue weighted by Gasteiger charge is 2.37. The summed E-state index contributed by atoms with van der Waals surface area (Å²) in [6.45, 7) is 5.90. The van der Waals surface area contributed by atoms with E-state index >= 15 is 0 Å². The van der Waals surface area contributed by atoms with E-state index in [0.29, 0.717) is 22.9 Å². The second-order valence-electron chi connectivity index (χ2n) is 11.7. The van der Waals surface area contributed by atoms with Crippen molar-refractivity contribution in [2.75, 3.05) is 0 Å². The molecule has 0 spiro atoms. The molecule has 0 bridgehead atoms. The van der Waals surface area contributed by atoms with Gasteiger partial charge in [-0.25, -0.2) is 13.2 Å². The zero-order valence-electron chi connectivity index (χ0n) is 24.9. The van der Waals surface area contributed by atoms with Gasteiger partial charge in [-0.1, -0.05) is 24.0 Å². The minimum atomic E-state index is -4.81. The molecular weight excluding hydrogens is 596 g/mol. The van der Waals surface area contributed by atoms with Crippen LogP contribution < -0.4 is 0 Å². The van der Waals surface area contributed by atoms with Gasteiger partial charge in [0.05, 0.1) is 23.4 Å². The minimum absolute atomic E-state index is 0.0690. The van der Waals surface area contributed by atoms with Crippen LogP contribution in [0.1, 0.15) is 72.9 Å². The first-order valence-electron chi connectivity index (χ1n) is 13.9. The van der Waals surface area contributed by atoms with Crippen molar-refractivity contribution in [2.45, 2.75) is 59.2 Å². The van der Waals surface area contributed by atoms with Gasteiger partial charge in [0.25, 0.3) is 0 Å². The monoisotopic (exact) mass is 625 g/mol. The van der Waals surface area contributed by atoms with Crippen LogP contribution in [0.15, 0.2) is 60.9 Å². The molecule has 0 N–H and O–H groups in total. The van der Waals surface area contributed by atoms with Gasteiger partial charge in [0.15, 0.2) is 17.3 Å². The molecule has 234 valence electrons. The lowest BCUT2D eigenvalue weighted by Crippen LogP contribution is -2.18. The number of halogens is 6. The van der Waals surface area contributed by atoms with Crippen LogP contribution in [0.5, 0.6) is 0 Å². The number of nitrogens with zero attached hydrogens (tertiary/aromatic N) is 3. The summed E-state index contributed by atoms with van der Waals surface area (Å²) in [5, 5.41) is 3.60. The average Bonchev–Trinajstić information content (AvgIpc) is 3.34. The predicted molar refractivity (Wildman–Crippen MR) is 156 cm³/mol. The number of benzene rings is 2. The molecule has 2 heterocycles. The summed E-state index contributed by atoms with van der Waals surface area (Å²) in [6.07, 6.45) is -2.67. The topological polar surface area (TPSA) is 64.8 Å². The van der Waals surface area contributed by atoms with Crippen molar-refractivity contribution in [3.8, 4) is 23.0 Å². The van der Waals surface area contributed by atoms with E-state index < -0.39 is 58.8 Å². The number of Topliss-reactive ketones (excluding diaryl/α,β-unsaturated/α-hetero) is 2. The molecule has 45 heavy (non-hydrogen) atoms. The average molecular weight is 626 g/mol. The Morgan fingerprint density at radius 1 is 0.978 bits per heavy atom. The summed E-state index contributed by atoms with van der Waals surface area (Å²) < 4.78 is 84.6. The number of carbonyl (C=O) groups is 2. The molecule has 0 saturated carbocycles. The van der Waals surface area contributed by atoms with Crippen molar-refractivity contribution in [2.24, 2.45) is 5.41 Å². The summed E-state index contributed by atoms with van der Waals surface area (Å²) in [5.41, 5.74) is -0.963. The molecule has 0 aliphatic carbocycles. The number of hydrogen-bond donors (Lipinski definition) is 0. The van der Waals surface area contributed by atoms with E-state index in [1.54, 1.807) is 32.9 Å². The van der Waals surface area contributed by atoms with Gasteiger partial charge in [0, 0.05) is 41.8 Å². The Labute approximate surface area is 256 Å². The molecule has 4 rings (SSSR count). The molecule has 2 aromatic heterocycles. The molecule has 0 aliphatic heterocycles. The van der Waals surface area contributed by atoms with Crippen molar-refractivity contribution in [1.82, 2.24) is 14.8 Å². The molecule has 0 aliphatic rings. The fourth-order valence-corrected chi connectivity index (χ4v) is 4.81. The Bertz CT molecular complexity index is 1790. The van der Waals surface area contributed by atoms with E-state index in [2.05, 4.69) is 21.9 Å². The van der Waals surface area contributed by atoms with Gasteiger partial charge in [0.1, 0.15) is 17.5 Å². The van der Waals surface area contributed by atoms with Crippen LogP contribution in [0.25, 0.3) is 11.1 Å². The number of ketones is 2. The quantitative estimate of drug-likeness (QED) is 0.108. The zero-order valence-corrected chi connectivity index (χ0v) is 24.9. The zero-order chi connectivity index (χ0) is 33.1. The van der Waals surface area contributed by atoms with Gasteiger partial charge in [-0.2, -0.15) is 18.3 Å². The highest BCUT2D eigenvalue weighted by molar-refractivity contribution is 5.95. The highest BCUT2D eigenvalue weighted by atomic mass is 19.4. The fourth-order valence-electron chi connectivity index (χ4n) is 4.81. The summed E-state index contributed by atoms with van der Waals surface area (Å²) in [7, 11) is 0. The van der Waals surface area contributed by atoms with E-state index in [1.807, 2.05) is 0 Å². The molecule has 11 heteroatoms. The maximum atomic E-state index is 14.3. The Balaban J connectivity index is 1.73. The number of carbonyl (C=O) groups excluding carboxylic acids is 2. The highest BCUT2D eigenvalue weighted by Crippen LogP contribution is 2.34. The number of hydrogen-bond acceptors (Lipinski definition) is 4. The largest absolute Gasteiger partial charge is 0.436 e. The van der Waals surface area contributed by atoms with Crippen molar-refractivity contribution in [3.05, 3.63) is 106 Å². The van der Waals surface area contributed by atoms with Gasteiger partial charge in [0.2, 0.25) is 0 Å². The Hall–Kier alpha value is -4.72. The van der Waals surface area contributed by atoms with E-state index in [4.69, 9.17) is 0 Å². The van der Waals surface area contributed by atoms with E-state index in [9.17, 15) is 35.9 Å². The lowest BCUT2D eigenvalue weighted by atomic mass is 9.86. The molecule has 0 radical (unpaired) electrons. The van der Waals surface area contributed by atoms with Crippen LogP contribution in [0.4, 0.5) is 26.3 Å².